The Balaban J connectivity index is 1.69. The molecule has 0 aliphatic rings. The number of anilines is 1. The van der Waals surface area contributed by atoms with E-state index in [1.807, 2.05) is 6.07 Å². The van der Waals surface area contributed by atoms with Crippen LogP contribution in [0.15, 0.2) is 48.5 Å². The number of fused-ring (bicyclic) bond motifs is 1. The number of carbonyl (C=O) groups excluding carboxylic acids is 1. The van der Waals surface area contributed by atoms with Crippen LogP contribution >= 0.6 is 11.3 Å². The molecule has 1 amide bonds. The first kappa shape index (κ1) is 13.5. The maximum atomic E-state index is 12.5. The third kappa shape index (κ3) is 2.55. The highest BCUT2D eigenvalue weighted by Crippen LogP contribution is 2.25. The molecule has 0 atom stereocenters. The summed E-state index contributed by atoms with van der Waals surface area (Å²) < 4.78 is 0. The molecule has 4 aromatic rings. The molecule has 23 heavy (non-hydrogen) atoms. The van der Waals surface area contributed by atoms with Crippen LogP contribution in [-0.4, -0.2) is 30.8 Å². The largest absolute Gasteiger partial charge is 0.337 e. The number of amides is 1. The monoisotopic (exact) mass is 322 g/mol. The molecule has 2 N–H and O–H groups in total. The van der Waals surface area contributed by atoms with Crippen molar-refractivity contribution in [2.75, 3.05) is 5.32 Å². The molecular weight excluding hydrogens is 312 g/mol. The van der Waals surface area contributed by atoms with E-state index in [9.17, 15) is 4.79 Å². The maximum Gasteiger partial charge on any atom is 0.268 e. The van der Waals surface area contributed by atoms with Crippen molar-refractivity contribution >= 4 is 34.0 Å². The minimum atomic E-state index is -0.242. The van der Waals surface area contributed by atoms with Gasteiger partial charge in [-0.2, -0.15) is 0 Å². The van der Waals surface area contributed by atoms with Gasteiger partial charge in [0.05, 0.1) is 29.1 Å². The van der Waals surface area contributed by atoms with Crippen molar-refractivity contribution in [1.82, 2.24) is 24.9 Å². The minimum absolute atomic E-state index is 0.242. The van der Waals surface area contributed by atoms with Gasteiger partial charge in [0.1, 0.15) is 16.1 Å². The van der Waals surface area contributed by atoms with Crippen LogP contribution < -0.4 is 5.32 Å². The molecule has 4 aromatic heterocycles. The molecular formula is C15H10N6OS. The molecule has 0 aliphatic heterocycles. The van der Waals surface area contributed by atoms with Crippen LogP contribution in [0, 0.1) is 0 Å². The Hall–Kier alpha value is -3.13. The van der Waals surface area contributed by atoms with Crippen LogP contribution in [0.25, 0.3) is 22.6 Å². The molecule has 0 aliphatic carbocycles. The summed E-state index contributed by atoms with van der Waals surface area (Å²) in [5, 5.41) is 2.80. The molecule has 112 valence electrons. The van der Waals surface area contributed by atoms with Crippen molar-refractivity contribution in [2.45, 2.75) is 0 Å². The van der Waals surface area contributed by atoms with Crippen molar-refractivity contribution in [2.24, 2.45) is 0 Å². The Morgan fingerprint density at radius 3 is 2.91 bits per heavy atom. The minimum Gasteiger partial charge on any atom is -0.337 e. The summed E-state index contributed by atoms with van der Waals surface area (Å²) in [6, 6.07) is 5.36. The number of hydrogen-bond acceptors (Lipinski definition) is 6. The Bertz CT molecular complexity index is 945. The van der Waals surface area contributed by atoms with Crippen LogP contribution in [-0.2, 0) is 0 Å². The average Bonchev–Trinajstić information content (AvgIpc) is 3.22. The Morgan fingerprint density at radius 2 is 2.09 bits per heavy atom. The Labute approximate surface area is 134 Å². The molecule has 0 saturated heterocycles. The third-order valence-electron chi connectivity index (χ3n) is 3.20. The zero-order valence-electron chi connectivity index (χ0n) is 11.7. The van der Waals surface area contributed by atoms with Crippen LogP contribution in [0.4, 0.5) is 5.69 Å². The number of hydrogen-bond donors (Lipinski definition) is 2. The molecule has 0 spiro atoms. The first-order valence-electron chi connectivity index (χ1n) is 6.76. The van der Waals surface area contributed by atoms with Gasteiger partial charge in [-0.3, -0.25) is 14.8 Å². The second kappa shape index (κ2) is 5.58. The second-order valence-electron chi connectivity index (χ2n) is 4.70. The molecule has 4 rings (SSSR count). The molecule has 0 aromatic carbocycles. The van der Waals surface area contributed by atoms with Gasteiger partial charge >= 0.3 is 0 Å². The molecule has 0 fully saturated rings. The van der Waals surface area contributed by atoms with Gasteiger partial charge in [-0.05, 0) is 18.2 Å². The SMILES string of the molecule is O=C(Nc1cccnc1)c1scnc1-c1nc2cnccc2[nH]1. The van der Waals surface area contributed by atoms with Gasteiger partial charge in [-0.25, -0.2) is 9.97 Å². The molecule has 0 radical (unpaired) electrons. The van der Waals surface area contributed by atoms with Crippen molar-refractivity contribution in [3.63, 3.8) is 0 Å². The normalized spacial score (nSPS) is 10.8. The summed E-state index contributed by atoms with van der Waals surface area (Å²) in [5.41, 5.74) is 4.35. The predicted molar refractivity (Wildman–Crippen MR) is 87.2 cm³/mol. The van der Waals surface area contributed by atoms with Gasteiger partial charge in [0.15, 0.2) is 5.82 Å². The lowest BCUT2D eigenvalue weighted by atomic mass is 10.3. The van der Waals surface area contributed by atoms with E-state index in [1.165, 1.54) is 11.3 Å². The molecule has 0 unspecified atom stereocenters. The molecule has 4 heterocycles. The number of nitrogens with zero attached hydrogens (tertiary/aromatic N) is 4. The first-order chi connectivity index (χ1) is 11.3. The first-order valence-corrected chi connectivity index (χ1v) is 7.64. The quantitative estimate of drug-likeness (QED) is 0.604. The smallest absolute Gasteiger partial charge is 0.268 e. The van der Waals surface area contributed by atoms with E-state index in [0.29, 0.717) is 22.1 Å². The van der Waals surface area contributed by atoms with Gasteiger partial charge < -0.3 is 10.3 Å². The van der Waals surface area contributed by atoms with E-state index in [0.717, 1.165) is 11.0 Å². The lowest BCUT2D eigenvalue weighted by Crippen LogP contribution is -2.11. The maximum absolute atomic E-state index is 12.5. The van der Waals surface area contributed by atoms with Gasteiger partial charge in [-0.15, -0.1) is 11.3 Å². The summed E-state index contributed by atoms with van der Waals surface area (Å²) in [4.78, 5) is 32.8. The average molecular weight is 322 g/mol. The third-order valence-corrected chi connectivity index (χ3v) is 4.03. The molecule has 0 bridgehead atoms. The van der Waals surface area contributed by atoms with Crippen molar-refractivity contribution in [1.29, 1.82) is 0 Å². The number of thiazole rings is 1. The summed E-state index contributed by atoms with van der Waals surface area (Å²) in [7, 11) is 0. The van der Waals surface area contributed by atoms with Crippen LogP contribution in [0.2, 0.25) is 0 Å². The highest BCUT2D eigenvalue weighted by Gasteiger charge is 2.19. The van der Waals surface area contributed by atoms with Crippen molar-refractivity contribution in [3.8, 4) is 11.5 Å². The molecule has 7 nitrogen and oxygen atoms in total. The number of H-pyrrole nitrogens is 1. The van der Waals surface area contributed by atoms with E-state index in [2.05, 4.69) is 30.2 Å². The summed E-state index contributed by atoms with van der Waals surface area (Å²) >= 11 is 1.26. The van der Waals surface area contributed by atoms with Crippen LogP contribution in [0.3, 0.4) is 0 Å². The number of pyridine rings is 2. The zero-order valence-corrected chi connectivity index (χ0v) is 12.5. The summed E-state index contributed by atoms with van der Waals surface area (Å²) in [6.07, 6.45) is 6.58. The second-order valence-corrected chi connectivity index (χ2v) is 5.56. The Kier molecular flexibility index (Phi) is 3.28. The predicted octanol–water partition coefficient (Wildman–Crippen LogP) is 2.73. The van der Waals surface area contributed by atoms with E-state index in [1.54, 1.807) is 42.4 Å². The fraction of sp³-hybridized carbons (Fsp3) is 0. The summed E-state index contributed by atoms with van der Waals surface area (Å²) in [6.45, 7) is 0. The van der Waals surface area contributed by atoms with E-state index in [-0.39, 0.29) is 5.91 Å². The van der Waals surface area contributed by atoms with Gasteiger partial charge in [0.2, 0.25) is 0 Å². The fourth-order valence-corrected chi connectivity index (χ4v) is 2.85. The number of carbonyl (C=O) groups is 1. The van der Waals surface area contributed by atoms with Crippen LogP contribution in [0.5, 0.6) is 0 Å². The standard InChI is InChI=1S/C15H10N6OS/c22-15(19-9-2-1-4-16-6-9)13-12(18-8-23-13)14-20-10-3-5-17-7-11(10)21-14/h1-8H,(H,19,22)(H,20,21). The van der Waals surface area contributed by atoms with Crippen molar-refractivity contribution in [3.05, 3.63) is 53.4 Å². The highest BCUT2D eigenvalue weighted by molar-refractivity contribution is 7.12. The van der Waals surface area contributed by atoms with Crippen molar-refractivity contribution < 1.29 is 4.79 Å². The zero-order chi connectivity index (χ0) is 15.6. The Morgan fingerprint density at radius 1 is 1.17 bits per heavy atom. The molecule has 8 heteroatoms. The van der Waals surface area contributed by atoms with Crippen LogP contribution in [0.1, 0.15) is 9.67 Å². The van der Waals surface area contributed by atoms with Gasteiger partial charge in [0, 0.05) is 12.4 Å². The van der Waals surface area contributed by atoms with Gasteiger partial charge in [-0.1, -0.05) is 0 Å². The number of rotatable bonds is 3. The van der Waals surface area contributed by atoms with E-state index < -0.39 is 0 Å². The van der Waals surface area contributed by atoms with Gasteiger partial charge in [0.25, 0.3) is 5.91 Å². The van der Waals surface area contributed by atoms with E-state index >= 15 is 0 Å². The fourth-order valence-electron chi connectivity index (χ4n) is 2.17. The molecule has 0 saturated carbocycles. The number of aromatic amines is 1. The topological polar surface area (TPSA) is 96.5 Å². The number of imidazole rings is 1. The number of nitrogens with one attached hydrogen (secondary N) is 2. The lowest BCUT2D eigenvalue weighted by Gasteiger charge is -2.03. The number of aromatic nitrogens is 5. The summed E-state index contributed by atoms with van der Waals surface area (Å²) in [5.74, 6) is 0.305. The lowest BCUT2D eigenvalue weighted by molar-refractivity contribution is 0.103. The highest BCUT2D eigenvalue weighted by atomic mass is 32.1. The van der Waals surface area contributed by atoms with E-state index in [4.69, 9.17) is 0 Å².